The number of rotatable bonds is 6. The van der Waals surface area contributed by atoms with Crippen molar-refractivity contribution in [1.29, 1.82) is 0 Å². The average molecular weight is 514 g/mol. The predicted molar refractivity (Wildman–Crippen MR) is 134 cm³/mol. The Bertz CT molecular complexity index is 1210. The highest BCUT2D eigenvalue weighted by Gasteiger charge is 2.39. The molecule has 6 nitrogen and oxygen atoms in total. The number of likely N-dealkylation sites (tertiary alicyclic amines) is 1. The zero-order valence-electron chi connectivity index (χ0n) is 20.7. The van der Waals surface area contributed by atoms with Crippen LogP contribution in [0.4, 0.5) is 18.9 Å². The molecule has 0 bridgehead atoms. The van der Waals surface area contributed by atoms with Gasteiger partial charge in [0, 0.05) is 63.5 Å². The van der Waals surface area contributed by atoms with Crippen molar-refractivity contribution < 1.29 is 27.1 Å². The Kier molecular flexibility index (Phi) is 7.15. The Hall–Kier alpha value is -3.46. The van der Waals surface area contributed by atoms with Gasteiger partial charge in [0.15, 0.2) is 5.76 Å². The van der Waals surface area contributed by atoms with Gasteiger partial charge in [-0.3, -0.25) is 9.69 Å². The Balaban J connectivity index is 1.31. The van der Waals surface area contributed by atoms with E-state index < -0.39 is 11.7 Å². The van der Waals surface area contributed by atoms with Gasteiger partial charge in [0.25, 0.3) is 5.91 Å². The minimum atomic E-state index is -4.41. The number of piperazine rings is 1. The van der Waals surface area contributed by atoms with Crippen LogP contribution in [0.25, 0.3) is 0 Å². The fourth-order valence-corrected chi connectivity index (χ4v) is 5.43. The number of amides is 1. The molecule has 37 heavy (non-hydrogen) atoms. The lowest BCUT2D eigenvalue weighted by Crippen LogP contribution is -2.48. The second kappa shape index (κ2) is 10.5. The van der Waals surface area contributed by atoms with Gasteiger partial charge in [0.1, 0.15) is 5.75 Å². The molecule has 0 N–H and O–H groups in total. The summed E-state index contributed by atoms with van der Waals surface area (Å²) in [6, 6.07) is 16.8. The maximum atomic E-state index is 13.4. The lowest BCUT2D eigenvalue weighted by atomic mass is 9.87. The molecule has 0 radical (unpaired) electrons. The van der Waals surface area contributed by atoms with Crippen molar-refractivity contribution in [2.45, 2.75) is 12.1 Å². The number of carbonyl (C=O) groups is 1. The first-order chi connectivity index (χ1) is 17.8. The van der Waals surface area contributed by atoms with E-state index in [0.717, 1.165) is 43.7 Å². The number of anilines is 1. The lowest BCUT2D eigenvalue weighted by Gasteiger charge is -2.38. The van der Waals surface area contributed by atoms with E-state index in [0.29, 0.717) is 25.2 Å². The molecular formula is C28H30F3N3O3. The highest BCUT2D eigenvalue weighted by atomic mass is 19.4. The first-order valence-electron chi connectivity index (χ1n) is 12.4. The van der Waals surface area contributed by atoms with Crippen molar-refractivity contribution in [1.82, 2.24) is 9.80 Å². The molecule has 196 valence electrons. The molecule has 2 aliphatic rings. The number of furan rings is 1. The lowest BCUT2D eigenvalue weighted by molar-refractivity contribution is -0.137. The number of carbonyl (C=O) groups excluding carboxylic acids is 1. The first kappa shape index (κ1) is 25.2. The number of ether oxygens (including phenoxy) is 1. The average Bonchev–Trinajstić information content (AvgIpc) is 3.59. The minimum Gasteiger partial charge on any atom is -0.497 e. The molecule has 2 aliphatic heterocycles. The third kappa shape index (κ3) is 5.61. The standard InChI is InChI=1S/C28H30F3N3O3/c1-36-24-8-3-7-23(16-24)33-12-10-32(11-13-33)17-21-18-34(27(35)26-9-4-14-37-26)19-25(21)20-5-2-6-22(15-20)28(29,30)31/h2-9,14-16,21,25H,10-13,17-19H2,1H3/t21-,25+/m0/s1. The van der Waals surface area contributed by atoms with Gasteiger partial charge in [-0.1, -0.05) is 24.3 Å². The van der Waals surface area contributed by atoms with E-state index in [4.69, 9.17) is 9.15 Å². The number of halogens is 3. The summed E-state index contributed by atoms with van der Waals surface area (Å²) in [5.41, 5.74) is 1.06. The summed E-state index contributed by atoms with van der Waals surface area (Å²) >= 11 is 0. The molecule has 2 fully saturated rings. The van der Waals surface area contributed by atoms with Crippen LogP contribution < -0.4 is 9.64 Å². The van der Waals surface area contributed by atoms with Crippen molar-refractivity contribution in [2.75, 3.05) is 57.8 Å². The topological polar surface area (TPSA) is 49.2 Å². The van der Waals surface area contributed by atoms with Gasteiger partial charge in [0.05, 0.1) is 18.9 Å². The van der Waals surface area contributed by atoms with Gasteiger partial charge >= 0.3 is 6.18 Å². The fraction of sp³-hybridized carbons (Fsp3) is 0.393. The monoisotopic (exact) mass is 513 g/mol. The van der Waals surface area contributed by atoms with Gasteiger partial charge in [-0.25, -0.2) is 0 Å². The molecule has 2 saturated heterocycles. The second-order valence-electron chi connectivity index (χ2n) is 9.67. The molecule has 1 aromatic heterocycles. The zero-order chi connectivity index (χ0) is 26.0. The van der Waals surface area contributed by atoms with E-state index >= 15 is 0 Å². The Morgan fingerprint density at radius 1 is 1.00 bits per heavy atom. The van der Waals surface area contributed by atoms with Crippen molar-refractivity contribution in [3.63, 3.8) is 0 Å². The van der Waals surface area contributed by atoms with Gasteiger partial charge in [0.2, 0.25) is 0 Å². The fourth-order valence-electron chi connectivity index (χ4n) is 5.43. The molecule has 0 unspecified atom stereocenters. The van der Waals surface area contributed by atoms with Crippen LogP contribution in [-0.2, 0) is 6.18 Å². The normalized spacial score (nSPS) is 20.9. The van der Waals surface area contributed by atoms with Crippen molar-refractivity contribution >= 4 is 11.6 Å². The molecule has 5 rings (SSSR count). The molecule has 3 aromatic rings. The smallest absolute Gasteiger partial charge is 0.416 e. The van der Waals surface area contributed by atoms with Crippen LogP contribution in [0.1, 0.15) is 27.6 Å². The van der Waals surface area contributed by atoms with Gasteiger partial charge in [-0.15, -0.1) is 0 Å². The van der Waals surface area contributed by atoms with Crippen LogP contribution in [0.15, 0.2) is 71.3 Å². The molecular weight excluding hydrogens is 483 g/mol. The summed E-state index contributed by atoms with van der Waals surface area (Å²) in [5, 5.41) is 0. The maximum absolute atomic E-state index is 13.4. The van der Waals surface area contributed by atoms with E-state index in [-0.39, 0.29) is 23.5 Å². The number of hydrogen-bond donors (Lipinski definition) is 0. The Morgan fingerprint density at radius 3 is 2.49 bits per heavy atom. The van der Waals surface area contributed by atoms with E-state index in [1.165, 1.54) is 18.4 Å². The Labute approximate surface area is 214 Å². The van der Waals surface area contributed by atoms with Crippen molar-refractivity contribution in [3.8, 4) is 5.75 Å². The highest BCUT2D eigenvalue weighted by Crippen LogP contribution is 2.37. The highest BCUT2D eigenvalue weighted by molar-refractivity contribution is 5.91. The number of alkyl halides is 3. The van der Waals surface area contributed by atoms with E-state index in [1.54, 1.807) is 30.2 Å². The molecule has 2 atom stereocenters. The predicted octanol–water partition coefficient (Wildman–Crippen LogP) is 4.99. The number of hydrogen-bond acceptors (Lipinski definition) is 5. The molecule has 1 amide bonds. The van der Waals surface area contributed by atoms with Crippen molar-refractivity contribution in [3.05, 3.63) is 83.8 Å². The molecule has 0 spiro atoms. The molecule has 0 aliphatic carbocycles. The van der Waals surface area contributed by atoms with Gasteiger partial charge < -0.3 is 19.0 Å². The van der Waals surface area contributed by atoms with Crippen molar-refractivity contribution in [2.24, 2.45) is 5.92 Å². The van der Waals surface area contributed by atoms with E-state index in [2.05, 4.69) is 15.9 Å². The summed E-state index contributed by atoms with van der Waals surface area (Å²) in [4.78, 5) is 19.4. The third-order valence-corrected chi connectivity index (χ3v) is 7.39. The summed E-state index contributed by atoms with van der Waals surface area (Å²) < 4.78 is 51.0. The first-order valence-corrected chi connectivity index (χ1v) is 12.4. The third-order valence-electron chi connectivity index (χ3n) is 7.39. The van der Waals surface area contributed by atoms with E-state index in [9.17, 15) is 18.0 Å². The molecule has 2 aromatic carbocycles. The zero-order valence-corrected chi connectivity index (χ0v) is 20.7. The van der Waals surface area contributed by atoms with Crippen LogP contribution in [0, 0.1) is 5.92 Å². The van der Waals surface area contributed by atoms with Crippen LogP contribution in [0.2, 0.25) is 0 Å². The largest absolute Gasteiger partial charge is 0.497 e. The van der Waals surface area contributed by atoms with E-state index in [1.807, 2.05) is 18.2 Å². The minimum absolute atomic E-state index is 0.00534. The van der Waals surface area contributed by atoms with Crippen LogP contribution in [0.5, 0.6) is 5.75 Å². The summed E-state index contributed by atoms with van der Waals surface area (Å²) in [6.45, 7) is 4.86. The molecule has 3 heterocycles. The number of methoxy groups -OCH3 is 1. The van der Waals surface area contributed by atoms with Gasteiger partial charge in [-0.2, -0.15) is 13.2 Å². The summed E-state index contributed by atoms with van der Waals surface area (Å²) in [6.07, 6.45) is -2.96. The van der Waals surface area contributed by atoms with Gasteiger partial charge in [-0.05, 0) is 41.8 Å². The summed E-state index contributed by atoms with van der Waals surface area (Å²) in [5.74, 6) is 0.641. The van der Waals surface area contributed by atoms with Crippen LogP contribution in [0.3, 0.4) is 0 Å². The Morgan fingerprint density at radius 2 is 1.78 bits per heavy atom. The molecule has 9 heteroatoms. The quantitative estimate of drug-likeness (QED) is 0.465. The second-order valence-corrected chi connectivity index (χ2v) is 9.67. The number of nitrogens with zero attached hydrogens (tertiary/aromatic N) is 3. The summed E-state index contributed by atoms with van der Waals surface area (Å²) in [7, 11) is 1.65. The SMILES string of the molecule is COc1cccc(N2CCN(C[C@H]3CN(C(=O)c4ccco4)C[C@@H]3c3cccc(C(F)(F)F)c3)CC2)c1. The van der Waals surface area contributed by atoms with Crippen LogP contribution >= 0.6 is 0 Å². The number of benzene rings is 2. The van der Waals surface area contributed by atoms with Crippen LogP contribution in [-0.4, -0.2) is 68.6 Å². The molecule has 0 saturated carbocycles. The maximum Gasteiger partial charge on any atom is 0.416 e.